The molecule has 0 aliphatic carbocycles. The van der Waals surface area contributed by atoms with Gasteiger partial charge in [-0.3, -0.25) is 4.57 Å². The summed E-state index contributed by atoms with van der Waals surface area (Å²) in [5.74, 6) is -1.58. The molecular weight excluding hydrogens is 231 g/mol. The summed E-state index contributed by atoms with van der Waals surface area (Å²) in [6.07, 6.45) is 2.00. The van der Waals surface area contributed by atoms with Crippen LogP contribution < -0.4 is 0 Å². The van der Waals surface area contributed by atoms with Crippen LogP contribution in [0.2, 0.25) is 0 Å². The average Bonchev–Trinajstić information content (AvgIpc) is 2.02. The minimum atomic E-state index is -2.42. The lowest BCUT2D eigenvalue weighted by Gasteiger charge is -2.14. The van der Waals surface area contributed by atoms with E-state index in [0.717, 1.165) is 10.8 Å². The van der Waals surface area contributed by atoms with Gasteiger partial charge < -0.3 is 4.52 Å². The van der Waals surface area contributed by atoms with Gasteiger partial charge in [0.15, 0.2) is 0 Å². The van der Waals surface area contributed by atoms with Crippen molar-refractivity contribution in [1.82, 2.24) is 0 Å². The maximum atomic E-state index is 11.9. The third-order valence-corrected chi connectivity index (χ3v) is 9.88. The molecule has 0 saturated heterocycles. The minimum absolute atomic E-state index is 0.533. The van der Waals surface area contributed by atoms with Crippen molar-refractivity contribution in [3.8, 4) is 0 Å². The lowest BCUT2D eigenvalue weighted by molar-refractivity contribution is 0.357. The zero-order chi connectivity index (χ0) is 9.45. The first-order valence-corrected chi connectivity index (χ1v) is 9.91. The van der Waals surface area contributed by atoms with E-state index < -0.39 is 5.77 Å². The van der Waals surface area contributed by atoms with Gasteiger partial charge in [0.2, 0.25) is 0 Å². The Bertz CT molecular complexity index is 144. The molecule has 12 heavy (non-hydrogen) atoms. The molecule has 0 fully saturated rings. The molecule has 0 N–H and O–H groups in total. The fourth-order valence-corrected chi connectivity index (χ4v) is 9.48. The molecule has 1 atom stereocenters. The van der Waals surface area contributed by atoms with Crippen molar-refractivity contribution in [2.24, 2.45) is 0 Å². The van der Waals surface area contributed by atoms with Crippen LogP contribution in [0.4, 0.5) is 0 Å². The van der Waals surface area contributed by atoms with Gasteiger partial charge in [-0.2, -0.15) is 11.8 Å². The van der Waals surface area contributed by atoms with Crippen LogP contribution in [0.15, 0.2) is 0 Å². The fraction of sp³-hybridized carbons (Fsp3) is 1.00. The summed E-state index contributed by atoms with van der Waals surface area (Å²) in [6.45, 7) is 4.41. The summed E-state index contributed by atoms with van der Waals surface area (Å²) in [5, 5.41) is 0.838. The van der Waals surface area contributed by atoms with Gasteiger partial charge in [0.1, 0.15) is 0 Å². The van der Waals surface area contributed by atoms with Gasteiger partial charge in [0.25, 0.3) is 0 Å². The maximum Gasteiger partial charge on any atom is 0.313 e. The second-order valence-electron chi connectivity index (χ2n) is 1.82. The van der Waals surface area contributed by atoms with E-state index >= 15 is 0 Å². The molecule has 0 aromatic rings. The summed E-state index contributed by atoms with van der Waals surface area (Å²) >= 11 is 4.54. The van der Waals surface area contributed by atoms with Crippen LogP contribution in [0.1, 0.15) is 13.8 Å². The van der Waals surface area contributed by atoms with Crippen molar-refractivity contribution in [2.75, 3.05) is 23.7 Å². The highest BCUT2D eigenvalue weighted by atomic mass is 33.1. The normalized spacial score (nSPS) is 15.9. The second-order valence-corrected chi connectivity index (χ2v) is 10.7. The van der Waals surface area contributed by atoms with E-state index in [4.69, 9.17) is 4.52 Å². The lowest BCUT2D eigenvalue weighted by Crippen LogP contribution is -1.83. The van der Waals surface area contributed by atoms with Gasteiger partial charge >= 0.3 is 5.77 Å². The van der Waals surface area contributed by atoms with Crippen LogP contribution in [0.3, 0.4) is 0 Å². The summed E-state index contributed by atoms with van der Waals surface area (Å²) in [6, 6.07) is 0. The SMILES string of the molecule is CCOP(=O)(SCC)SCSC. The third kappa shape index (κ3) is 5.81. The smallest absolute Gasteiger partial charge is 0.313 e. The number of rotatable bonds is 7. The lowest BCUT2D eigenvalue weighted by atomic mass is 10.9. The average molecular weight is 246 g/mol. The van der Waals surface area contributed by atoms with E-state index in [0.29, 0.717) is 6.61 Å². The Hall–Kier alpha value is 1.24. The molecule has 74 valence electrons. The molecule has 0 bridgehead atoms. The largest absolute Gasteiger partial charge is 0.314 e. The molecule has 2 nitrogen and oxygen atoms in total. The third-order valence-electron chi connectivity index (χ3n) is 0.903. The van der Waals surface area contributed by atoms with Crippen molar-refractivity contribution >= 4 is 40.3 Å². The topological polar surface area (TPSA) is 26.3 Å². The molecular formula is C6H15O2PS3. The van der Waals surface area contributed by atoms with Crippen LogP contribution in [-0.2, 0) is 9.09 Å². The molecule has 0 aliphatic rings. The van der Waals surface area contributed by atoms with Crippen LogP contribution in [-0.4, -0.2) is 23.7 Å². The summed E-state index contributed by atoms with van der Waals surface area (Å²) < 4.78 is 17.1. The Kier molecular flexibility index (Phi) is 8.41. The molecule has 0 heterocycles. The Balaban J connectivity index is 3.90. The molecule has 0 aromatic carbocycles. The number of hydrogen-bond donors (Lipinski definition) is 0. The van der Waals surface area contributed by atoms with Crippen LogP contribution in [0.5, 0.6) is 0 Å². The highest BCUT2D eigenvalue weighted by molar-refractivity contribution is 8.89. The van der Waals surface area contributed by atoms with Crippen molar-refractivity contribution in [2.45, 2.75) is 13.8 Å². The van der Waals surface area contributed by atoms with E-state index in [-0.39, 0.29) is 0 Å². The Morgan fingerprint density at radius 1 is 1.33 bits per heavy atom. The first kappa shape index (κ1) is 13.2. The van der Waals surface area contributed by atoms with Gasteiger partial charge in [-0.05, 0) is 24.6 Å². The molecule has 6 heteroatoms. The van der Waals surface area contributed by atoms with Gasteiger partial charge in [0, 0.05) is 10.8 Å². The Morgan fingerprint density at radius 2 is 2.00 bits per heavy atom. The number of hydrogen-bond acceptors (Lipinski definition) is 5. The first-order valence-electron chi connectivity index (χ1n) is 3.71. The standard InChI is InChI=1S/C6H15O2PS3/c1-4-8-9(7,11-5-2)12-6-10-3/h4-6H2,1-3H3. The predicted octanol–water partition coefficient (Wildman–Crippen LogP) is 3.94. The summed E-state index contributed by atoms with van der Waals surface area (Å²) in [4.78, 5) is 0. The molecule has 0 amide bonds. The van der Waals surface area contributed by atoms with E-state index in [1.165, 1.54) is 22.8 Å². The molecule has 0 aromatic heterocycles. The van der Waals surface area contributed by atoms with Gasteiger partial charge in [-0.15, -0.1) is 0 Å². The first-order chi connectivity index (χ1) is 5.68. The van der Waals surface area contributed by atoms with Crippen molar-refractivity contribution in [3.63, 3.8) is 0 Å². The Morgan fingerprint density at radius 3 is 2.42 bits per heavy atom. The summed E-state index contributed by atoms with van der Waals surface area (Å²) in [7, 11) is 0. The molecule has 0 saturated carbocycles. The van der Waals surface area contributed by atoms with Gasteiger partial charge in [-0.1, -0.05) is 18.3 Å². The van der Waals surface area contributed by atoms with Crippen molar-refractivity contribution < 1.29 is 9.09 Å². The molecule has 0 rings (SSSR count). The van der Waals surface area contributed by atoms with Crippen LogP contribution in [0.25, 0.3) is 0 Å². The number of thioether (sulfide) groups is 1. The highest BCUT2D eigenvalue weighted by Crippen LogP contribution is 2.70. The molecule has 1 unspecified atom stereocenters. The maximum absolute atomic E-state index is 11.9. The van der Waals surface area contributed by atoms with Crippen LogP contribution >= 0.6 is 40.3 Å². The predicted molar refractivity (Wildman–Crippen MR) is 63.3 cm³/mol. The van der Waals surface area contributed by atoms with E-state index in [9.17, 15) is 4.57 Å². The van der Waals surface area contributed by atoms with Crippen LogP contribution in [0, 0.1) is 0 Å². The molecule has 0 radical (unpaired) electrons. The van der Waals surface area contributed by atoms with E-state index in [2.05, 4.69) is 0 Å². The molecule has 0 aliphatic heterocycles. The van der Waals surface area contributed by atoms with E-state index in [1.54, 1.807) is 11.8 Å². The zero-order valence-corrected chi connectivity index (χ0v) is 11.0. The van der Waals surface area contributed by atoms with Crippen molar-refractivity contribution in [1.29, 1.82) is 0 Å². The van der Waals surface area contributed by atoms with Gasteiger partial charge in [0.05, 0.1) is 6.61 Å². The monoisotopic (exact) mass is 246 g/mol. The zero-order valence-electron chi connectivity index (χ0n) is 7.61. The highest BCUT2D eigenvalue weighted by Gasteiger charge is 2.22. The minimum Gasteiger partial charge on any atom is -0.314 e. The summed E-state index contributed by atoms with van der Waals surface area (Å²) in [5.41, 5.74) is 0. The van der Waals surface area contributed by atoms with Crippen molar-refractivity contribution in [3.05, 3.63) is 0 Å². The van der Waals surface area contributed by atoms with Gasteiger partial charge in [-0.25, -0.2) is 0 Å². The Labute approximate surface area is 86.9 Å². The fourth-order valence-electron chi connectivity index (χ4n) is 0.545. The van der Waals surface area contributed by atoms with E-state index in [1.807, 2.05) is 20.1 Å². The second kappa shape index (κ2) is 7.63. The quantitative estimate of drug-likeness (QED) is 0.501. The molecule has 0 spiro atoms.